The van der Waals surface area contributed by atoms with Crippen molar-refractivity contribution < 1.29 is 9.94 Å². The van der Waals surface area contributed by atoms with Crippen LogP contribution in [-0.4, -0.2) is 47.1 Å². The van der Waals surface area contributed by atoms with Gasteiger partial charge in [0.15, 0.2) is 0 Å². The highest BCUT2D eigenvalue weighted by molar-refractivity contribution is 4.96. The number of hydrogen-bond donors (Lipinski definition) is 2. The van der Waals surface area contributed by atoms with E-state index in [4.69, 9.17) is 4.74 Å². The van der Waals surface area contributed by atoms with Crippen molar-refractivity contribution in [3.8, 4) is 0 Å². The van der Waals surface area contributed by atoms with Crippen LogP contribution in [-0.2, 0) is 4.74 Å². The Morgan fingerprint density at radius 1 is 1.28 bits per heavy atom. The van der Waals surface area contributed by atoms with E-state index in [0.29, 0.717) is 6.04 Å². The smallest absolute Gasteiger partial charge is 0.0611 e. The maximum atomic E-state index is 10.2. The van der Waals surface area contributed by atoms with Crippen molar-refractivity contribution in [2.45, 2.75) is 77.1 Å². The van der Waals surface area contributed by atoms with Crippen LogP contribution in [0.2, 0.25) is 0 Å². The molecule has 1 fully saturated rings. The molecule has 0 saturated carbocycles. The second-order valence-electron chi connectivity index (χ2n) is 6.82. The quantitative estimate of drug-likeness (QED) is 0.795. The van der Waals surface area contributed by atoms with Gasteiger partial charge >= 0.3 is 0 Å². The van der Waals surface area contributed by atoms with Crippen molar-refractivity contribution in [3.63, 3.8) is 0 Å². The molecule has 0 aromatic heterocycles. The summed E-state index contributed by atoms with van der Waals surface area (Å²) in [7, 11) is 1.97. The van der Waals surface area contributed by atoms with Crippen molar-refractivity contribution in [1.29, 1.82) is 0 Å². The lowest BCUT2D eigenvalue weighted by Gasteiger charge is -2.51. The van der Waals surface area contributed by atoms with E-state index in [1.165, 1.54) is 5.06 Å². The molecule has 0 aromatic carbocycles. The first-order chi connectivity index (χ1) is 8.19. The van der Waals surface area contributed by atoms with E-state index < -0.39 is 0 Å². The fourth-order valence-corrected chi connectivity index (χ4v) is 2.85. The number of nitrogens with zero attached hydrogens (tertiary/aromatic N) is 1. The van der Waals surface area contributed by atoms with E-state index in [1.807, 2.05) is 7.05 Å². The van der Waals surface area contributed by atoms with Crippen LogP contribution in [0.5, 0.6) is 0 Å². The SMILES string of the molecule is CNC(C)CCOC1CC(C)(C)N(O)C(C)(C)C1. The van der Waals surface area contributed by atoms with Crippen molar-refractivity contribution >= 4 is 0 Å². The molecule has 1 atom stereocenters. The van der Waals surface area contributed by atoms with E-state index in [-0.39, 0.29) is 17.2 Å². The molecule has 1 rings (SSSR count). The normalized spacial score (nSPS) is 26.2. The number of hydrogen-bond acceptors (Lipinski definition) is 4. The highest BCUT2D eigenvalue weighted by Gasteiger charge is 2.45. The molecule has 108 valence electrons. The third-order valence-corrected chi connectivity index (χ3v) is 4.00. The zero-order valence-electron chi connectivity index (χ0n) is 12.8. The van der Waals surface area contributed by atoms with Gasteiger partial charge in [-0.2, -0.15) is 5.06 Å². The molecule has 0 amide bonds. The van der Waals surface area contributed by atoms with E-state index in [2.05, 4.69) is 39.9 Å². The maximum Gasteiger partial charge on any atom is 0.0611 e. The van der Waals surface area contributed by atoms with Gasteiger partial charge < -0.3 is 15.3 Å². The molecule has 0 radical (unpaired) electrons. The molecule has 0 spiro atoms. The third-order valence-electron chi connectivity index (χ3n) is 4.00. The first kappa shape index (κ1) is 15.9. The second-order valence-corrected chi connectivity index (χ2v) is 6.82. The lowest BCUT2D eigenvalue weighted by molar-refractivity contribution is -0.261. The molecule has 0 aliphatic carbocycles. The summed E-state index contributed by atoms with van der Waals surface area (Å²) >= 11 is 0. The fraction of sp³-hybridized carbons (Fsp3) is 1.00. The zero-order valence-corrected chi connectivity index (χ0v) is 12.8. The number of nitrogens with one attached hydrogen (secondary N) is 1. The topological polar surface area (TPSA) is 44.7 Å². The Balaban J connectivity index is 2.48. The van der Waals surface area contributed by atoms with Gasteiger partial charge in [0, 0.05) is 23.7 Å². The predicted molar refractivity (Wildman–Crippen MR) is 73.9 cm³/mol. The van der Waals surface area contributed by atoms with Crippen LogP contribution in [0.15, 0.2) is 0 Å². The van der Waals surface area contributed by atoms with Gasteiger partial charge in [-0.3, -0.25) is 0 Å². The second kappa shape index (κ2) is 5.87. The molecule has 1 heterocycles. The average molecular weight is 258 g/mol. The lowest BCUT2D eigenvalue weighted by Crippen LogP contribution is -2.60. The lowest BCUT2D eigenvalue weighted by atomic mass is 9.80. The third kappa shape index (κ3) is 3.92. The molecule has 4 heteroatoms. The van der Waals surface area contributed by atoms with Crippen molar-refractivity contribution in [2.75, 3.05) is 13.7 Å². The van der Waals surface area contributed by atoms with Crippen LogP contribution in [0.3, 0.4) is 0 Å². The van der Waals surface area contributed by atoms with Gasteiger partial charge in [0.05, 0.1) is 6.10 Å². The summed E-state index contributed by atoms with van der Waals surface area (Å²) in [4.78, 5) is 0. The van der Waals surface area contributed by atoms with Crippen LogP contribution >= 0.6 is 0 Å². The summed E-state index contributed by atoms with van der Waals surface area (Å²) in [6, 6.07) is 0.490. The van der Waals surface area contributed by atoms with Crippen LogP contribution in [0.25, 0.3) is 0 Å². The molecule has 1 saturated heterocycles. The van der Waals surface area contributed by atoms with Gasteiger partial charge in [-0.25, -0.2) is 0 Å². The van der Waals surface area contributed by atoms with Crippen molar-refractivity contribution in [2.24, 2.45) is 0 Å². The molecule has 4 nitrogen and oxygen atoms in total. The number of hydroxylamine groups is 2. The van der Waals surface area contributed by atoms with Gasteiger partial charge in [-0.1, -0.05) is 0 Å². The van der Waals surface area contributed by atoms with Gasteiger partial charge in [0.25, 0.3) is 0 Å². The fourth-order valence-electron chi connectivity index (χ4n) is 2.85. The summed E-state index contributed by atoms with van der Waals surface area (Å²) in [5, 5.41) is 14.9. The Labute approximate surface area is 112 Å². The minimum atomic E-state index is -0.221. The van der Waals surface area contributed by atoms with Gasteiger partial charge in [-0.15, -0.1) is 0 Å². The van der Waals surface area contributed by atoms with E-state index in [1.54, 1.807) is 0 Å². The Kier molecular flexibility index (Phi) is 5.18. The highest BCUT2D eigenvalue weighted by atomic mass is 16.5. The molecule has 1 aliphatic heterocycles. The Bertz CT molecular complexity index is 249. The molecule has 0 aromatic rings. The number of piperidine rings is 1. The molecule has 1 unspecified atom stereocenters. The average Bonchev–Trinajstić information content (AvgIpc) is 2.25. The van der Waals surface area contributed by atoms with Crippen molar-refractivity contribution in [3.05, 3.63) is 0 Å². The first-order valence-electron chi connectivity index (χ1n) is 6.97. The molecule has 18 heavy (non-hydrogen) atoms. The number of ether oxygens (including phenoxy) is 1. The molecular formula is C14H30N2O2. The highest BCUT2D eigenvalue weighted by Crippen LogP contribution is 2.37. The van der Waals surface area contributed by atoms with Gasteiger partial charge in [0.1, 0.15) is 0 Å². The molecular weight excluding hydrogens is 228 g/mol. The molecule has 1 aliphatic rings. The minimum Gasteiger partial charge on any atom is -0.378 e. The zero-order chi connectivity index (χ0) is 14.0. The standard InChI is InChI=1S/C14H30N2O2/c1-11(15-6)7-8-18-12-9-13(2,3)16(17)14(4,5)10-12/h11-12,15,17H,7-10H2,1-6H3. The van der Waals surface area contributed by atoms with E-state index in [0.717, 1.165) is 25.9 Å². The van der Waals surface area contributed by atoms with Gasteiger partial charge in [0.2, 0.25) is 0 Å². The Hall–Kier alpha value is -0.160. The van der Waals surface area contributed by atoms with E-state index >= 15 is 0 Å². The van der Waals surface area contributed by atoms with E-state index in [9.17, 15) is 5.21 Å². The molecule has 2 N–H and O–H groups in total. The predicted octanol–water partition coefficient (Wildman–Crippen LogP) is 2.41. The van der Waals surface area contributed by atoms with Crippen LogP contribution in [0.4, 0.5) is 0 Å². The summed E-state index contributed by atoms with van der Waals surface area (Å²) in [6.07, 6.45) is 3.01. The van der Waals surface area contributed by atoms with Crippen molar-refractivity contribution in [1.82, 2.24) is 10.4 Å². The van der Waals surface area contributed by atoms with Crippen LogP contribution in [0.1, 0.15) is 53.9 Å². The van der Waals surface area contributed by atoms with Crippen LogP contribution < -0.4 is 5.32 Å². The largest absolute Gasteiger partial charge is 0.378 e. The first-order valence-corrected chi connectivity index (χ1v) is 6.97. The Morgan fingerprint density at radius 2 is 1.78 bits per heavy atom. The summed E-state index contributed by atoms with van der Waals surface area (Å²) in [5.41, 5.74) is -0.442. The van der Waals surface area contributed by atoms with Gasteiger partial charge in [-0.05, 0) is 60.9 Å². The number of rotatable bonds is 5. The summed E-state index contributed by atoms with van der Waals surface area (Å²) in [6.45, 7) is 11.2. The molecule has 0 bridgehead atoms. The Morgan fingerprint density at radius 3 is 2.22 bits per heavy atom. The minimum absolute atomic E-state index is 0.221. The maximum absolute atomic E-state index is 10.2. The van der Waals surface area contributed by atoms with Crippen LogP contribution in [0, 0.1) is 0 Å². The monoisotopic (exact) mass is 258 g/mol. The summed E-state index contributed by atoms with van der Waals surface area (Å²) in [5.74, 6) is 0. The summed E-state index contributed by atoms with van der Waals surface area (Å²) < 4.78 is 6.00.